The summed E-state index contributed by atoms with van der Waals surface area (Å²) in [5, 5.41) is 14.7. The van der Waals surface area contributed by atoms with Gasteiger partial charge in [-0.15, -0.1) is 0 Å². The van der Waals surface area contributed by atoms with Crippen LogP contribution in [0.5, 0.6) is 0 Å². The molecule has 2 aromatic carbocycles. The molecular formula is C20H24N2O3. The molecule has 0 saturated carbocycles. The maximum absolute atomic E-state index is 12.0. The molecule has 2 amide bonds. The monoisotopic (exact) mass is 340 g/mol. The number of hydrogen-bond acceptors (Lipinski definition) is 3. The summed E-state index contributed by atoms with van der Waals surface area (Å²) in [5.74, 6) is -0.476. The molecule has 5 nitrogen and oxygen atoms in total. The summed E-state index contributed by atoms with van der Waals surface area (Å²) in [4.78, 5) is 24.0. The molecule has 2 aromatic rings. The lowest BCUT2D eigenvalue weighted by atomic mass is 9.96. The topological polar surface area (TPSA) is 78.4 Å². The van der Waals surface area contributed by atoms with Crippen LogP contribution in [0.15, 0.2) is 54.6 Å². The molecule has 1 atom stereocenters. The number of carbonyl (C=O) groups is 2. The normalized spacial score (nSPS) is 11.6. The second-order valence-electron chi connectivity index (χ2n) is 5.98. The molecule has 0 aromatic heterocycles. The molecule has 132 valence electrons. The van der Waals surface area contributed by atoms with Crippen molar-refractivity contribution >= 4 is 11.8 Å². The Morgan fingerprint density at radius 1 is 1.04 bits per heavy atom. The van der Waals surface area contributed by atoms with E-state index in [0.717, 1.165) is 11.1 Å². The van der Waals surface area contributed by atoms with E-state index in [0.29, 0.717) is 18.5 Å². The van der Waals surface area contributed by atoms with Crippen molar-refractivity contribution in [3.63, 3.8) is 0 Å². The third-order valence-electron chi connectivity index (χ3n) is 3.98. The highest BCUT2D eigenvalue weighted by molar-refractivity contribution is 5.96. The largest absolute Gasteiger partial charge is 0.396 e. The number of carbonyl (C=O) groups excluding carboxylic acids is 2. The van der Waals surface area contributed by atoms with E-state index in [4.69, 9.17) is 0 Å². The Balaban J connectivity index is 1.82. The van der Waals surface area contributed by atoms with Crippen molar-refractivity contribution in [2.24, 2.45) is 0 Å². The van der Waals surface area contributed by atoms with Gasteiger partial charge in [-0.1, -0.05) is 48.0 Å². The minimum Gasteiger partial charge on any atom is -0.396 e. The Labute approximate surface area is 148 Å². The Kier molecular flexibility index (Phi) is 7.16. The zero-order valence-corrected chi connectivity index (χ0v) is 14.4. The summed E-state index contributed by atoms with van der Waals surface area (Å²) < 4.78 is 0. The van der Waals surface area contributed by atoms with E-state index in [1.165, 1.54) is 0 Å². The van der Waals surface area contributed by atoms with Crippen LogP contribution >= 0.6 is 0 Å². The van der Waals surface area contributed by atoms with Crippen molar-refractivity contribution < 1.29 is 14.7 Å². The summed E-state index contributed by atoms with van der Waals surface area (Å²) >= 11 is 0. The Hall–Kier alpha value is -2.66. The van der Waals surface area contributed by atoms with Crippen LogP contribution in [0.25, 0.3) is 0 Å². The highest BCUT2D eigenvalue weighted by Gasteiger charge is 2.13. The van der Waals surface area contributed by atoms with Crippen LogP contribution in [0, 0.1) is 6.92 Å². The van der Waals surface area contributed by atoms with E-state index < -0.39 is 0 Å². The zero-order valence-electron chi connectivity index (χ0n) is 14.4. The van der Waals surface area contributed by atoms with E-state index in [9.17, 15) is 14.7 Å². The fraction of sp³-hybridized carbons (Fsp3) is 0.300. The van der Waals surface area contributed by atoms with Crippen molar-refractivity contribution in [1.29, 1.82) is 0 Å². The van der Waals surface area contributed by atoms with E-state index in [-0.39, 0.29) is 30.9 Å². The second kappa shape index (κ2) is 9.59. The first-order valence-corrected chi connectivity index (χ1v) is 8.37. The van der Waals surface area contributed by atoms with Gasteiger partial charge in [-0.3, -0.25) is 9.59 Å². The first kappa shape index (κ1) is 18.7. The van der Waals surface area contributed by atoms with Crippen LogP contribution in [0.2, 0.25) is 0 Å². The molecule has 2 rings (SSSR count). The van der Waals surface area contributed by atoms with Gasteiger partial charge in [-0.2, -0.15) is 0 Å². The molecule has 0 aliphatic heterocycles. The highest BCUT2D eigenvalue weighted by atomic mass is 16.3. The van der Waals surface area contributed by atoms with Crippen LogP contribution in [-0.4, -0.2) is 36.6 Å². The zero-order chi connectivity index (χ0) is 18.1. The fourth-order valence-corrected chi connectivity index (χ4v) is 2.62. The smallest absolute Gasteiger partial charge is 0.251 e. The molecule has 3 N–H and O–H groups in total. The molecule has 0 fully saturated rings. The lowest BCUT2D eigenvalue weighted by Gasteiger charge is -2.17. The molecule has 0 bridgehead atoms. The van der Waals surface area contributed by atoms with Crippen molar-refractivity contribution in [2.45, 2.75) is 19.3 Å². The lowest BCUT2D eigenvalue weighted by molar-refractivity contribution is -0.120. The maximum Gasteiger partial charge on any atom is 0.251 e. The SMILES string of the molecule is Cc1cccc(C(=O)NCC(=O)NCC(CCO)c2ccccc2)c1. The number of amides is 2. The molecule has 0 aliphatic rings. The maximum atomic E-state index is 12.0. The van der Waals surface area contributed by atoms with Gasteiger partial charge in [0, 0.05) is 24.6 Å². The Morgan fingerprint density at radius 2 is 1.80 bits per heavy atom. The number of aliphatic hydroxyl groups is 1. The minimum absolute atomic E-state index is 0.0441. The number of hydrogen-bond donors (Lipinski definition) is 3. The minimum atomic E-state index is -0.270. The van der Waals surface area contributed by atoms with Gasteiger partial charge < -0.3 is 15.7 Å². The number of aryl methyl sites for hydroxylation is 1. The highest BCUT2D eigenvalue weighted by Crippen LogP contribution is 2.17. The van der Waals surface area contributed by atoms with Crippen LogP contribution < -0.4 is 10.6 Å². The fourth-order valence-electron chi connectivity index (χ4n) is 2.62. The van der Waals surface area contributed by atoms with Crippen LogP contribution in [0.1, 0.15) is 33.8 Å². The molecule has 0 spiro atoms. The first-order chi connectivity index (χ1) is 12.1. The van der Waals surface area contributed by atoms with E-state index in [1.807, 2.05) is 49.4 Å². The van der Waals surface area contributed by atoms with E-state index >= 15 is 0 Å². The predicted octanol–water partition coefficient (Wildman–Crippen LogP) is 2.01. The quantitative estimate of drug-likeness (QED) is 0.688. The summed E-state index contributed by atoms with van der Waals surface area (Å²) in [6.07, 6.45) is 0.569. The molecule has 0 aliphatic carbocycles. The van der Waals surface area contributed by atoms with Crippen LogP contribution in [0.4, 0.5) is 0 Å². The van der Waals surface area contributed by atoms with Gasteiger partial charge in [0.25, 0.3) is 5.91 Å². The molecule has 0 heterocycles. The van der Waals surface area contributed by atoms with Crippen molar-refractivity contribution in [2.75, 3.05) is 19.7 Å². The number of aliphatic hydroxyl groups excluding tert-OH is 1. The number of nitrogens with one attached hydrogen (secondary N) is 2. The predicted molar refractivity (Wildman–Crippen MR) is 97.4 cm³/mol. The van der Waals surface area contributed by atoms with Crippen LogP contribution in [0.3, 0.4) is 0 Å². The summed E-state index contributed by atoms with van der Waals surface area (Å²) in [6, 6.07) is 17.0. The molecular weight excluding hydrogens is 316 g/mol. The molecule has 0 radical (unpaired) electrons. The molecule has 1 unspecified atom stereocenters. The Morgan fingerprint density at radius 3 is 2.48 bits per heavy atom. The Bertz CT molecular complexity index is 701. The van der Waals surface area contributed by atoms with Gasteiger partial charge >= 0.3 is 0 Å². The summed E-state index contributed by atoms with van der Waals surface area (Å²) in [5.41, 5.74) is 2.60. The average Bonchev–Trinajstić information content (AvgIpc) is 2.63. The average molecular weight is 340 g/mol. The van der Waals surface area contributed by atoms with Crippen LogP contribution in [-0.2, 0) is 4.79 Å². The third-order valence-corrected chi connectivity index (χ3v) is 3.98. The lowest BCUT2D eigenvalue weighted by Crippen LogP contribution is -2.38. The molecule has 5 heteroatoms. The molecule has 0 saturated heterocycles. The van der Waals surface area contributed by atoms with Gasteiger partial charge in [-0.25, -0.2) is 0 Å². The molecule has 25 heavy (non-hydrogen) atoms. The van der Waals surface area contributed by atoms with Gasteiger partial charge in [0.1, 0.15) is 0 Å². The van der Waals surface area contributed by atoms with Crippen molar-refractivity contribution in [3.05, 3.63) is 71.3 Å². The third kappa shape index (κ3) is 6.04. The van der Waals surface area contributed by atoms with Crippen molar-refractivity contribution in [3.8, 4) is 0 Å². The van der Waals surface area contributed by atoms with Gasteiger partial charge in [0.2, 0.25) is 5.91 Å². The number of benzene rings is 2. The summed E-state index contributed by atoms with van der Waals surface area (Å²) in [7, 11) is 0. The van der Waals surface area contributed by atoms with Gasteiger partial charge in [0.05, 0.1) is 6.54 Å². The van der Waals surface area contributed by atoms with Gasteiger partial charge in [-0.05, 0) is 31.0 Å². The van der Waals surface area contributed by atoms with Gasteiger partial charge in [0.15, 0.2) is 0 Å². The van der Waals surface area contributed by atoms with Crippen molar-refractivity contribution in [1.82, 2.24) is 10.6 Å². The van der Waals surface area contributed by atoms with E-state index in [1.54, 1.807) is 12.1 Å². The first-order valence-electron chi connectivity index (χ1n) is 8.37. The van der Waals surface area contributed by atoms with E-state index in [2.05, 4.69) is 10.6 Å². The second-order valence-corrected chi connectivity index (χ2v) is 5.98. The standard InChI is InChI=1S/C20H24N2O3/c1-15-6-5-9-17(12-15)20(25)22-14-19(24)21-13-18(10-11-23)16-7-3-2-4-8-16/h2-9,12,18,23H,10-11,13-14H2,1H3,(H,21,24)(H,22,25). The number of rotatable bonds is 8. The summed E-state index contributed by atoms with van der Waals surface area (Å²) in [6.45, 7) is 2.31.